The smallest absolute Gasteiger partial charge is 0.335 e. The quantitative estimate of drug-likeness (QED) is 0.430. The first-order valence-corrected chi connectivity index (χ1v) is 11.2. The van der Waals surface area contributed by atoms with Gasteiger partial charge in [-0.25, -0.2) is 18.7 Å². The highest BCUT2D eigenvalue weighted by Crippen LogP contribution is 2.33. The van der Waals surface area contributed by atoms with E-state index in [1.165, 1.54) is 29.4 Å². The first kappa shape index (κ1) is 24.7. The van der Waals surface area contributed by atoms with Gasteiger partial charge < -0.3 is 4.90 Å². The summed E-state index contributed by atoms with van der Waals surface area (Å²) in [6.07, 6.45) is 1.34. The largest absolute Gasteiger partial charge is 0.417 e. The summed E-state index contributed by atoms with van der Waals surface area (Å²) in [6.45, 7) is 2.31. The highest BCUT2D eigenvalue weighted by atomic mass is 19.4. The number of aromatic nitrogens is 3. The molecule has 0 N–H and O–H groups in total. The molecule has 0 spiro atoms. The van der Waals surface area contributed by atoms with Crippen LogP contribution in [0.15, 0.2) is 48.9 Å². The third kappa shape index (κ3) is 5.31. The molecule has 0 unspecified atom stereocenters. The number of amides is 1. The number of hydrogen-bond donors (Lipinski definition) is 0. The Morgan fingerprint density at radius 2 is 1.77 bits per heavy atom. The molecular weight excluding hydrogens is 467 g/mol. The number of hydrogen-bond acceptors (Lipinski definition) is 4. The van der Waals surface area contributed by atoms with Crippen molar-refractivity contribution in [3.8, 4) is 11.4 Å². The van der Waals surface area contributed by atoms with Gasteiger partial charge in [0.15, 0.2) is 5.82 Å². The number of carbonyl (C=O) groups excluding carboxylic acids is 1. The number of halogens is 5. The van der Waals surface area contributed by atoms with Crippen molar-refractivity contribution in [2.24, 2.45) is 5.92 Å². The summed E-state index contributed by atoms with van der Waals surface area (Å²) in [5.74, 6) is -2.39. The van der Waals surface area contributed by atoms with Gasteiger partial charge in [0, 0.05) is 36.9 Å². The average Bonchev–Trinajstić information content (AvgIpc) is 2.84. The zero-order valence-electron chi connectivity index (χ0n) is 18.9. The third-order valence-electron chi connectivity index (χ3n) is 6.33. The van der Waals surface area contributed by atoms with Crippen LogP contribution in [0.5, 0.6) is 0 Å². The van der Waals surface area contributed by atoms with E-state index >= 15 is 0 Å². The minimum absolute atomic E-state index is 0.0511. The van der Waals surface area contributed by atoms with E-state index in [2.05, 4.69) is 15.0 Å². The maximum atomic E-state index is 15.0. The van der Waals surface area contributed by atoms with E-state index < -0.39 is 34.8 Å². The van der Waals surface area contributed by atoms with Crippen LogP contribution in [0.2, 0.25) is 0 Å². The van der Waals surface area contributed by atoms with Crippen molar-refractivity contribution in [3.63, 3.8) is 0 Å². The van der Waals surface area contributed by atoms with Crippen molar-refractivity contribution in [3.05, 3.63) is 77.4 Å². The lowest BCUT2D eigenvalue weighted by molar-refractivity contribution is -0.137. The van der Waals surface area contributed by atoms with Crippen LogP contribution in [0.4, 0.5) is 22.0 Å². The predicted octanol–water partition coefficient (Wildman–Crippen LogP) is 5.71. The maximum absolute atomic E-state index is 15.0. The molecule has 0 aliphatic carbocycles. The summed E-state index contributed by atoms with van der Waals surface area (Å²) in [7, 11) is 0. The summed E-state index contributed by atoms with van der Waals surface area (Å²) in [5, 5.41) is 0. The van der Waals surface area contributed by atoms with Crippen LogP contribution >= 0.6 is 0 Å². The molecule has 1 fully saturated rings. The minimum Gasteiger partial charge on any atom is -0.335 e. The molecule has 5 nitrogen and oxygen atoms in total. The number of rotatable bonds is 5. The SMILES string of the molecule is C[C@@H]1CCCN(C(=O)c2c(F)ccc(F)c2-c2ncccn2)[C@@H]1CCc1ccc(C(F)(F)F)cn1. The van der Waals surface area contributed by atoms with Gasteiger partial charge in [0.1, 0.15) is 11.6 Å². The van der Waals surface area contributed by atoms with Crippen LogP contribution in [0.25, 0.3) is 11.4 Å². The zero-order valence-corrected chi connectivity index (χ0v) is 18.9. The number of alkyl halides is 3. The Balaban J connectivity index is 1.61. The molecule has 1 aliphatic rings. The fraction of sp³-hybridized carbons (Fsp3) is 0.360. The number of piperidine rings is 1. The minimum atomic E-state index is -4.47. The molecule has 10 heteroatoms. The van der Waals surface area contributed by atoms with Crippen molar-refractivity contribution in [2.45, 2.75) is 44.8 Å². The molecule has 2 aromatic heterocycles. The van der Waals surface area contributed by atoms with Crippen LogP contribution in [0.3, 0.4) is 0 Å². The van der Waals surface area contributed by atoms with E-state index in [4.69, 9.17) is 0 Å². The van der Waals surface area contributed by atoms with E-state index in [1.54, 1.807) is 0 Å². The van der Waals surface area contributed by atoms with Gasteiger partial charge in [-0.05, 0) is 61.9 Å². The van der Waals surface area contributed by atoms with Gasteiger partial charge in [0.05, 0.1) is 16.7 Å². The number of likely N-dealkylation sites (tertiary alicyclic amines) is 1. The van der Waals surface area contributed by atoms with Crippen LogP contribution < -0.4 is 0 Å². The second kappa shape index (κ2) is 10.1. The van der Waals surface area contributed by atoms with Crippen LogP contribution in [0, 0.1) is 17.6 Å². The van der Waals surface area contributed by atoms with Crippen molar-refractivity contribution < 1.29 is 26.7 Å². The lowest BCUT2D eigenvalue weighted by Crippen LogP contribution is -2.48. The Morgan fingerprint density at radius 1 is 1.06 bits per heavy atom. The molecule has 2 atom stereocenters. The average molecular weight is 490 g/mol. The van der Waals surface area contributed by atoms with E-state index in [1.807, 2.05) is 6.92 Å². The molecule has 0 saturated carbocycles. The van der Waals surface area contributed by atoms with Crippen molar-refractivity contribution in [1.82, 2.24) is 19.9 Å². The standard InChI is InChI=1S/C25H23F5N4O/c1-15-4-2-13-34(20(15)10-7-17-6-5-16(14-33-17)25(28,29)30)24(35)22-19(27)9-8-18(26)21(22)23-31-11-3-12-32-23/h3,5-6,8-9,11-12,14-15,20H,2,4,7,10,13H2,1H3/t15-,20-/m1/s1. The zero-order chi connectivity index (χ0) is 25.2. The van der Waals surface area contributed by atoms with Gasteiger partial charge in [0.25, 0.3) is 5.91 Å². The van der Waals surface area contributed by atoms with E-state index in [0.29, 0.717) is 31.5 Å². The molecule has 3 heterocycles. The molecule has 1 aliphatic heterocycles. The maximum Gasteiger partial charge on any atom is 0.417 e. The monoisotopic (exact) mass is 490 g/mol. The number of pyridine rings is 1. The third-order valence-corrected chi connectivity index (χ3v) is 6.33. The lowest BCUT2D eigenvalue weighted by atomic mass is 9.86. The summed E-state index contributed by atoms with van der Waals surface area (Å²) < 4.78 is 68.2. The molecule has 0 bridgehead atoms. The highest BCUT2D eigenvalue weighted by Gasteiger charge is 2.36. The molecule has 1 amide bonds. The van der Waals surface area contributed by atoms with Gasteiger partial charge in [-0.15, -0.1) is 0 Å². The van der Waals surface area contributed by atoms with Crippen LogP contribution in [0.1, 0.15) is 47.8 Å². The van der Waals surface area contributed by atoms with Crippen molar-refractivity contribution >= 4 is 5.91 Å². The number of nitrogens with zero attached hydrogens (tertiary/aromatic N) is 4. The lowest BCUT2D eigenvalue weighted by Gasteiger charge is -2.40. The molecule has 1 aromatic carbocycles. The summed E-state index contributed by atoms with van der Waals surface area (Å²) in [4.78, 5) is 27.0. The molecule has 184 valence electrons. The molecular formula is C25H23F5N4O. The first-order chi connectivity index (χ1) is 16.7. The van der Waals surface area contributed by atoms with E-state index in [9.17, 15) is 26.7 Å². The van der Waals surface area contributed by atoms with Crippen molar-refractivity contribution in [1.29, 1.82) is 0 Å². The summed E-state index contributed by atoms with van der Waals surface area (Å²) in [6, 6.07) is 5.34. The van der Waals surface area contributed by atoms with Crippen molar-refractivity contribution in [2.75, 3.05) is 6.54 Å². The van der Waals surface area contributed by atoms with Crippen LogP contribution in [-0.4, -0.2) is 38.3 Å². The molecule has 3 aromatic rings. The summed E-state index contributed by atoms with van der Waals surface area (Å²) in [5.41, 5.74) is -1.10. The Morgan fingerprint density at radius 3 is 2.43 bits per heavy atom. The Bertz CT molecular complexity index is 1180. The van der Waals surface area contributed by atoms with Gasteiger partial charge in [-0.3, -0.25) is 9.78 Å². The molecule has 35 heavy (non-hydrogen) atoms. The normalized spacial score (nSPS) is 18.5. The fourth-order valence-corrected chi connectivity index (χ4v) is 4.53. The fourth-order valence-electron chi connectivity index (χ4n) is 4.53. The number of aryl methyl sites for hydroxylation is 1. The Kier molecular flexibility index (Phi) is 7.09. The second-order valence-electron chi connectivity index (χ2n) is 8.61. The first-order valence-electron chi connectivity index (χ1n) is 11.2. The second-order valence-corrected chi connectivity index (χ2v) is 8.61. The van der Waals surface area contributed by atoms with E-state index in [-0.39, 0.29) is 23.3 Å². The van der Waals surface area contributed by atoms with Gasteiger partial charge in [0.2, 0.25) is 0 Å². The number of carbonyl (C=O) groups is 1. The van der Waals surface area contributed by atoms with Gasteiger partial charge in [-0.1, -0.05) is 6.92 Å². The molecule has 0 radical (unpaired) electrons. The van der Waals surface area contributed by atoms with E-state index in [0.717, 1.165) is 30.8 Å². The Labute approximate surface area is 199 Å². The summed E-state index contributed by atoms with van der Waals surface area (Å²) >= 11 is 0. The predicted molar refractivity (Wildman–Crippen MR) is 118 cm³/mol. The number of benzene rings is 1. The molecule has 1 saturated heterocycles. The highest BCUT2D eigenvalue weighted by molar-refractivity contribution is 6.00. The van der Waals surface area contributed by atoms with Gasteiger partial charge in [-0.2, -0.15) is 13.2 Å². The Hall–Kier alpha value is -3.43. The van der Waals surface area contributed by atoms with Crippen LogP contribution in [-0.2, 0) is 12.6 Å². The van der Waals surface area contributed by atoms with Gasteiger partial charge >= 0.3 is 6.18 Å². The molecule has 4 rings (SSSR count). The topological polar surface area (TPSA) is 59.0 Å².